The van der Waals surface area contributed by atoms with E-state index < -0.39 is 12.1 Å². The van der Waals surface area contributed by atoms with Crippen LogP contribution < -0.4 is 0 Å². The molecule has 0 unspecified atom stereocenters. The number of fused-ring (bicyclic) bond motifs is 1. The fourth-order valence-corrected chi connectivity index (χ4v) is 4.53. The van der Waals surface area contributed by atoms with Crippen LogP contribution >= 0.6 is 0 Å². The highest BCUT2D eigenvalue weighted by Crippen LogP contribution is 2.36. The van der Waals surface area contributed by atoms with Crippen molar-refractivity contribution in [2.45, 2.75) is 71.5 Å². The second-order valence-corrected chi connectivity index (χ2v) is 8.45. The summed E-state index contributed by atoms with van der Waals surface area (Å²) in [7, 11) is 0. The third-order valence-corrected chi connectivity index (χ3v) is 6.08. The molecule has 4 atom stereocenters. The molecular weight excluding hydrogens is 324 g/mol. The largest absolute Gasteiger partial charge is 0.460 e. The van der Waals surface area contributed by atoms with Crippen molar-refractivity contribution in [1.29, 1.82) is 0 Å². The average molecular weight is 357 g/mol. The molecule has 3 rings (SSSR count). The van der Waals surface area contributed by atoms with Gasteiger partial charge in [-0.05, 0) is 60.1 Å². The van der Waals surface area contributed by atoms with Gasteiger partial charge in [-0.3, -0.25) is 0 Å². The van der Waals surface area contributed by atoms with E-state index in [2.05, 4.69) is 39.0 Å². The first-order chi connectivity index (χ1) is 12.5. The van der Waals surface area contributed by atoms with E-state index in [0.29, 0.717) is 24.2 Å². The van der Waals surface area contributed by atoms with Gasteiger partial charge in [-0.15, -0.1) is 0 Å². The SMILES string of the molecule is CC(C)[C@@H]1CC[C@@H](C)C[C@H]1OC(=O)[C@H](O)CC1=CCCc2ccccc21. The van der Waals surface area contributed by atoms with Crippen molar-refractivity contribution in [3.8, 4) is 0 Å². The van der Waals surface area contributed by atoms with E-state index in [9.17, 15) is 9.90 Å². The maximum atomic E-state index is 12.6. The van der Waals surface area contributed by atoms with Crippen LogP contribution in [0.5, 0.6) is 0 Å². The highest BCUT2D eigenvalue weighted by Gasteiger charge is 2.34. The van der Waals surface area contributed by atoms with Crippen molar-refractivity contribution >= 4 is 11.5 Å². The molecule has 0 bridgehead atoms. The molecule has 1 N–H and O–H groups in total. The molecule has 1 aromatic carbocycles. The lowest BCUT2D eigenvalue weighted by Crippen LogP contribution is -2.38. The normalized spacial score (nSPS) is 26.8. The second kappa shape index (κ2) is 8.39. The Morgan fingerprint density at radius 2 is 2.04 bits per heavy atom. The smallest absolute Gasteiger partial charge is 0.335 e. The number of rotatable bonds is 5. The van der Waals surface area contributed by atoms with Crippen molar-refractivity contribution in [2.75, 3.05) is 0 Å². The molecular formula is C23H32O3. The minimum atomic E-state index is -1.09. The van der Waals surface area contributed by atoms with E-state index in [1.54, 1.807) is 0 Å². The molecule has 26 heavy (non-hydrogen) atoms. The highest BCUT2D eigenvalue weighted by atomic mass is 16.6. The Morgan fingerprint density at radius 1 is 1.27 bits per heavy atom. The summed E-state index contributed by atoms with van der Waals surface area (Å²) in [5.74, 6) is 1.01. The van der Waals surface area contributed by atoms with Gasteiger partial charge in [0, 0.05) is 6.42 Å². The molecule has 1 saturated carbocycles. The summed E-state index contributed by atoms with van der Waals surface area (Å²) in [6.07, 6.45) is 6.54. The van der Waals surface area contributed by atoms with Crippen LogP contribution in [0.1, 0.15) is 64.0 Å². The number of hydrogen-bond acceptors (Lipinski definition) is 3. The van der Waals surface area contributed by atoms with Crippen LogP contribution in [0.2, 0.25) is 0 Å². The maximum Gasteiger partial charge on any atom is 0.335 e. The van der Waals surface area contributed by atoms with Crippen LogP contribution in [0.4, 0.5) is 0 Å². The lowest BCUT2D eigenvalue weighted by molar-refractivity contribution is -0.165. The first kappa shape index (κ1) is 19.2. The van der Waals surface area contributed by atoms with Gasteiger partial charge >= 0.3 is 5.97 Å². The number of benzene rings is 1. The Labute approximate surface area is 157 Å². The summed E-state index contributed by atoms with van der Waals surface area (Å²) in [6.45, 7) is 6.61. The zero-order valence-electron chi connectivity index (χ0n) is 16.3. The Kier molecular flexibility index (Phi) is 6.18. The predicted octanol–water partition coefficient (Wildman–Crippen LogP) is 4.77. The molecule has 2 aliphatic rings. The lowest BCUT2D eigenvalue weighted by atomic mass is 9.75. The van der Waals surface area contributed by atoms with Crippen LogP contribution in [-0.2, 0) is 16.0 Å². The van der Waals surface area contributed by atoms with Gasteiger partial charge in [-0.2, -0.15) is 0 Å². The molecule has 1 aromatic rings. The van der Waals surface area contributed by atoms with Gasteiger partial charge in [0.05, 0.1) is 0 Å². The zero-order chi connectivity index (χ0) is 18.7. The van der Waals surface area contributed by atoms with E-state index >= 15 is 0 Å². The number of aliphatic hydroxyl groups is 1. The number of aliphatic hydroxyl groups excluding tert-OH is 1. The quantitative estimate of drug-likeness (QED) is 0.773. The number of esters is 1. The number of carbonyl (C=O) groups excluding carboxylic acids is 1. The molecule has 3 nitrogen and oxygen atoms in total. The van der Waals surface area contributed by atoms with Crippen LogP contribution in [-0.4, -0.2) is 23.3 Å². The first-order valence-electron chi connectivity index (χ1n) is 10.1. The Bertz CT molecular complexity index is 661. The molecule has 0 amide bonds. The fraction of sp³-hybridized carbons (Fsp3) is 0.609. The summed E-state index contributed by atoms with van der Waals surface area (Å²) in [4.78, 5) is 12.6. The fourth-order valence-electron chi connectivity index (χ4n) is 4.53. The molecule has 0 radical (unpaired) electrons. The third-order valence-electron chi connectivity index (χ3n) is 6.08. The van der Waals surface area contributed by atoms with E-state index in [0.717, 1.165) is 36.8 Å². The zero-order valence-corrected chi connectivity index (χ0v) is 16.3. The van der Waals surface area contributed by atoms with Crippen molar-refractivity contribution in [3.63, 3.8) is 0 Å². The van der Waals surface area contributed by atoms with Crippen LogP contribution in [0.15, 0.2) is 30.3 Å². The number of allylic oxidation sites excluding steroid dienone is 1. The number of ether oxygens (including phenoxy) is 1. The van der Waals surface area contributed by atoms with Gasteiger partial charge in [-0.25, -0.2) is 4.79 Å². The molecule has 0 saturated heterocycles. The third kappa shape index (κ3) is 4.37. The van der Waals surface area contributed by atoms with E-state index in [4.69, 9.17) is 4.74 Å². The standard InChI is InChI=1S/C23H32O3/c1-15(2)19-12-11-16(3)13-22(19)26-23(25)21(24)14-18-9-6-8-17-7-4-5-10-20(17)18/h4-5,7,9-10,15-16,19,21-22,24H,6,8,11-14H2,1-3H3/t16-,19+,21-,22-/m1/s1. The van der Waals surface area contributed by atoms with Crippen LogP contribution in [0.3, 0.4) is 0 Å². The summed E-state index contributed by atoms with van der Waals surface area (Å²) in [6, 6.07) is 8.27. The van der Waals surface area contributed by atoms with Gasteiger partial charge in [0.25, 0.3) is 0 Å². The van der Waals surface area contributed by atoms with E-state index in [1.165, 1.54) is 12.0 Å². The molecule has 0 spiro atoms. The summed E-state index contributed by atoms with van der Waals surface area (Å²) < 4.78 is 5.81. The van der Waals surface area contributed by atoms with Gasteiger partial charge in [0.15, 0.2) is 6.10 Å². The van der Waals surface area contributed by atoms with E-state index in [-0.39, 0.29) is 6.10 Å². The second-order valence-electron chi connectivity index (χ2n) is 8.45. The van der Waals surface area contributed by atoms with Crippen molar-refractivity contribution in [3.05, 3.63) is 41.5 Å². The summed E-state index contributed by atoms with van der Waals surface area (Å²) in [5, 5.41) is 10.5. The highest BCUT2D eigenvalue weighted by molar-refractivity contribution is 5.79. The number of hydrogen-bond donors (Lipinski definition) is 1. The topological polar surface area (TPSA) is 46.5 Å². The maximum absolute atomic E-state index is 12.6. The van der Waals surface area contributed by atoms with Crippen molar-refractivity contribution in [2.24, 2.45) is 17.8 Å². The predicted molar refractivity (Wildman–Crippen MR) is 105 cm³/mol. The molecule has 0 aliphatic heterocycles. The van der Waals surface area contributed by atoms with Crippen molar-refractivity contribution < 1.29 is 14.6 Å². The Hall–Kier alpha value is -1.61. The first-order valence-corrected chi connectivity index (χ1v) is 10.1. The van der Waals surface area contributed by atoms with Crippen molar-refractivity contribution in [1.82, 2.24) is 0 Å². The van der Waals surface area contributed by atoms with E-state index in [1.807, 2.05) is 12.1 Å². The Balaban J connectivity index is 1.63. The lowest BCUT2D eigenvalue weighted by Gasteiger charge is -2.37. The molecule has 2 aliphatic carbocycles. The summed E-state index contributed by atoms with van der Waals surface area (Å²) >= 11 is 0. The van der Waals surface area contributed by atoms with Gasteiger partial charge < -0.3 is 9.84 Å². The molecule has 0 aromatic heterocycles. The van der Waals surface area contributed by atoms with Gasteiger partial charge in [-0.1, -0.05) is 57.5 Å². The van der Waals surface area contributed by atoms with Crippen LogP contribution in [0, 0.1) is 17.8 Å². The van der Waals surface area contributed by atoms with Gasteiger partial charge in [0.1, 0.15) is 6.10 Å². The average Bonchev–Trinajstić information content (AvgIpc) is 2.61. The molecule has 0 heterocycles. The number of aryl methyl sites for hydroxylation is 1. The van der Waals surface area contributed by atoms with Crippen LogP contribution in [0.25, 0.3) is 5.57 Å². The molecule has 3 heteroatoms. The monoisotopic (exact) mass is 356 g/mol. The molecule has 1 fully saturated rings. The Morgan fingerprint density at radius 3 is 2.81 bits per heavy atom. The van der Waals surface area contributed by atoms with Gasteiger partial charge in [0.2, 0.25) is 0 Å². The minimum absolute atomic E-state index is 0.0616. The molecule has 142 valence electrons. The summed E-state index contributed by atoms with van der Waals surface area (Å²) in [5.41, 5.74) is 3.53. The number of carbonyl (C=O) groups is 1. The minimum Gasteiger partial charge on any atom is -0.460 e.